The van der Waals surface area contributed by atoms with Gasteiger partial charge in [-0.25, -0.2) is 0 Å². The lowest BCUT2D eigenvalue weighted by molar-refractivity contribution is 0.102. The van der Waals surface area contributed by atoms with Gasteiger partial charge in [0.1, 0.15) is 5.82 Å². The van der Waals surface area contributed by atoms with Crippen molar-refractivity contribution in [1.29, 1.82) is 0 Å². The molecule has 88 valence electrons. The van der Waals surface area contributed by atoms with E-state index in [9.17, 15) is 4.79 Å². The highest BCUT2D eigenvalue weighted by atomic mass is 16.1. The summed E-state index contributed by atoms with van der Waals surface area (Å²) in [6, 6.07) is 9.14. The monoisotopic (exact) mass is 229 g/mol. The highest BCUT2D eigenvalue weighted by molar-refractivity contribution is 6.04. The molecule has 0 bridgehead atoms. The third kappa shape index (κ3) is 2.20. The number of benzene rings is 1. The molecule has 4 nitrogen and oxygen atoms in total. The van der Waals surface area contributed by atoms with Gasteiger partial charge in [0.15, 0.2) is 0 Å². The minimum atomic E-state index is -0.114. The highest BCUT2D eigenvalue weighted by Gasteiger charge is 2.12. The standard InChI is InChI=1S/C13H15N3O/c1-9-10(2)15-16(3)12(9)14-13(17)11-7-5-4-6-8-11/h4-8H,1-3H3,(H,14,17). The second-order valence-corrected chi connectivity index (χ2v) is 4.00. The van der Waals surface area contributed by atoms with Gasteiger partial charge in [-0.3, -0.25) is 9.48 Å². The normalized spacial score (nSPS) is 10.3. The molecule has 1 amide bonds. The van der Waals surface area contributed by atoms with Crippen molar-refractivity contribution in [3.8, 4) is 0 Å². The second kappa shape index (κ2) is 4.41. The number of carbonyl (C=O) groups excluding carboxylic acids is 1. The average Bonchev–Trinajstić information content (AvgIpc) is 2.57. The molecule has 0 fully saturated rings. The SMILES string of the molecule is Cc1nn(C)c(NC(=O)c2ccccc2)c1C. The fourth-order valence-corrected chi connectivity index (χ4v) is 1.71. The molecule has 0 spiro atoms. The summed E-state index contributed by atoms with van der Waals surface area (Å²) < 4.78 is 1.69. The van der Waals surface area contributed by atoms with Crippen LogP contribution >= 0.6 is 0 Å². The summed E-state index contributed by atoms with van der Waals surface area (Å²) in [7, 11) is 1.82. The van der Waals surface area contributed by atoms with Gasteiger partial charge in [-0.1, -0.05) is 18.2 Å². The smallest absolute Gasteiger partial charge is 0.256 e. The van der Waals surface area contributed by atoms with Crippen LogP contribution in [0.1, 0.15) is 21.6 Å². The molecule has 0 unspecified atom stereocenters. The number of amides is 1. The Morgan fingerprint density at radius 1 is 1.24 bits per heavy atom. The predicted octanol–water partition coefficient (Wildman–Crippen LogP) is 2.29. The summed E-state index contributed by atoms with van der Waals surface area (Å²) in [4.78, 5) is 12.0. The number of anilines is 1. The Morgan fingerprint density at radius 2 is 1.88 bits per heavy atom. The molecule has 4 heteroatoms. The molecule has 17 heavy (non-hydrogen) atoms. The van der Waals surface area contributed by atoms with Crippen LogP contribution in [0.4, 0.5) is 5.82 Å². The maximum atomic E-state index is 12.0. The largest absolute Gasteiger partial charge is 0.307 e. The van der Waals surface area contributed by atoms with E-state index in [1.807, 2.05) is 39.1 Å². The molecule has 0 aliphatic heterocycles. The third-order valence-electron chi connectivity index (χ3n) is 2.79. The number of hydrogen-bond donors (Lipinski definition) is 1. The van der Waals surface area contributed by atoms with Crippen LogP contribution < -0.4 is 5.32 Å². The van der Waals surface area contributed by atoms with Crippen LogP contribution in [0.5, 0.6) is 0 Å². The summed E-state index contributed by atoms with van der Waals surface area (Å²) >= 11 is 0. The summed E-state index contributed by atoms with van der Waals surface area (Å²) in [6.07, 6.45) is 0. The lowest BCUT2D eigenvalue weighted by Gasteiger charge is -2.06. The summed E-state index contributed by atoms with van der Waals surface area (Å²) in [5.74, 6) is 0.632. The molecule has 0 saturated heterocycles. The first kappa shape index (κ1) is 11.4. The van der Waals surface area contributed by atoms with Crippen molar-refractivity contribution < 1.29 is 4.79 Å². The molecule has 0 aliphatic carbocycles. The predicted molar refractivity (Wildman–Crippen MR) is 67.1 cm³/mol. The fraction of sp³-hybridized carbons (Fsp3) is 0.231. The van der Waals surface area contributed by atoms with E-state index in [1.165, 1.54) is 0 Å². The van der Waals surface area contributed by atoms with E-state index >= 15 is 0 Å². The van der Waals surface area contributed by atoms with Gasteiger partial charge >= 0.3 is 0 Å². The van der Waals surface area contributed by atoms with Crippen molar-refractivity contribution >= 4 is 11.7 Å². The molecule has 1 N–H and O–H groups in total. The summed E-state index contributed by atoms with van der Waals surface area (Å²) in [5, 5.41) is 7.14. The Hall–Kier alpha value is -2.10. The van der Waals surface area contributed by atoms with Crippen molar-refractivity contribution in [2.75, 3.05) is 5.32 Å². The molecule has 2 rings (SSSR count). The molecule has 0 atom stereocenters. The molecule has 0 radical (unpaired) electrons. The average molecular weight is 229 g/mol. The number of rotatable bonds is 2. The molecule has 2 aromatic rings. The van der Waals surface area contributed by atoms with E-state index in [0.29, 0.717) is 5.56 Å². The lowest BCUT2D eigenvalue weighted by Crippen LogP contribution is -2.15. The minimum absolute atomic E-state index is 0.114. The summed E-state index contributed by atoms with van der Waals surface area (Å²) in [6.45, 7) is 3.87. The second-order valence-electron chi connectivity index (χ2n) is 4.00. The maximum Gasteiger partial charge on any atom is 0.256 e. The first-order chi connectivity index (χ1) is 8.09. The molecule has 1 aromatic heterocycles. The Kier molecular flexibility index (Phi) is 2.95. The molecule has 1 heterocycles. The Morgan fingerprint density at radius 3 is 2.41 bits per heavy atom. The van der Waals surface area contributed by atoms with Crippen LogP contribution in [-0.4, -0.2) is 15.7 Å². The van der Waals surface area contributed by atoms with Gasteiger partial charge < -0.3 is 5.32 Å². The van der Waals surface area contributed by atoms with Gasteiger partial charge in [-0.15, -0.1) is 0 Å². The van der Waals surface area contributed by atoms with Crippen molar-refractivity contribution in [3.63, 3.8) is 0 Å². The number of aromatic nitrogens is 2. The molecule has 0 aliphatic rings. The van der Waals surface area contributed by atoms with Crippen molar-refractivity contribution in [1.82, 2.24) is 9.78 Å². The van der Waals surface area contributed by atoms with Gasteiger partial charge in [-0.2, -0.15) is 5.10 Å². The van der Waals surface area contributed by atoms with Gasteiger partial charge in [0.2, 0.25) is 0 Å². The van der Waals surface area contributed by atoms with E-state index in [2.05, 4.69) is 10.4 Å². The number of carbonyl (C=O) groups is 1. The molecular formula is C13H15N3O. The van der Waals surface area contributed by atoms with Crippen LogP contribution in [0.25, 0.3) is 0 Å². The van der Waals surface area contributed by atoms with Crippen LogP contribution in [-0.2, 0) is 7.05 Å². The Labute approximate surface area is 100 Å². The zero-order valence-electron chi connectivity index (χ0n) is 10.2. The van der Waals surface area contributed by atoms with Crippen molar-refractivity contribution in [2.24, 2.45) is 7.05 Å². The molecular weight excluding hydrogens is 214 g/mol. The van der Waals surface area contributed by atoms with Crippen LogP contribution in [0.3, 0.4) is 0 Å². The first-order valence-corrected chi connectivity index (χ1v) is 5.46. The Balaban J connectivity index is 2.25. The van der Waals surface area contributed by atoms with Gasteiger partial charge in [0, 0.05) is 18.2 Å². The minimum Gasteiger partial charge on any atom is -0.307 e. The topological polar surface area (TPSA) is 46.9 Å². The maximum absolute atomic E-state index is 12.0. The van der Waals surface area contributed by atoms with Gasteiger partial charge in [0.25, 0.3) is 5.91 Å². The lowest BCUT2D eigenvalue weighted by atomic mass is 10.2. The van der Waals surface area contributed by atoms with Gasteiger partial charge in [0.05, 0.1) is 5.69 Å². The van der Waals surface area contributed by atoms with Gasteiger partial charge in [-0.05, 0) is 26.0 Å². The third-order valence-corrected chi connectivity index (χ3v) is 2.79. The van der Waals surface area contributed by atoms with Crippen LogP contribution in [0, 0.1) is 13.8 Å². The quantitative estimate of drug-likeness (QED) is 0.858. The zero-order valence-corrected chi connectivity index (χ0v) is 10.2. The van der Waals surface area contributed by atoms with E-state index in [0.717, 1.165) is 17.1 Å². The molecule has 0 saturated carbocycles. The number of nitrogens with one attached hydrogen (secondary N) is 1. The Bertz CT molecular complexity index is 543. The highest BCUT2D eigenvalue weighted by Crippen LogP contribution is 2.17. The zero-order chi connectivity index (χ0) is 12.4. The van der Waals surface area contributed by atoms with Crippen molar-refractivity contribution in [2.45, 2.75) is 13.8 Å². The first-order valence-electron chi connectivity index (χ1n) is 5.46. The summed E-state index contributed by atoms with van der Waals surface area (Å²) in [5.41, 5.74) is 2.57. The number of hydrogen-bond acceptors (Lipinski definition) is 2. The number of aryl methyl sites for hydroxylation is 2. The van der Waals surface area contributed by atoms with E-state index < -0.39 is 0 Å². The van der Waals surface area contributed by atoms with Crippen LogP contribution in [0.2, 0.25) is 0 Å². The molecule has 1 aromatic carbocycles. The number of nitrogens with zero attached hydrogens (tertiary/aromatic N) is 2. The van der Waals surface area contributed by atoms with E-state index in [-0.39, 0.29) is 5.91 Å². The van der Waals surface area contributed by atoms with Crippen molar-refractivity contribution in [3.05, 3.63) is 47.2 Å². The fourth-order valence-electron chi connectivity index (χ4n) is 1.71. The van der Waals surface area contributed by atoms with E-state index in [1.54, 1.807) is 16.8 Å². The van der Waals surface area contributed by atoms with Crippen LogP contribution in [0.15, 0.2) is 30.3 Å². The van der Waals surface area contributed by atoms with E-state index in [4.69, 9.17) is 0 Å².